The van der Waals surface area contributed by atoms with Crippen molar-refractivity contribution in [1.29, 1.82) is 5.26 Å². The van der Waals surface area contributed by atoms with Gasteiger partial charge in [-0.3, -0.25) is 27.2 Å². The molecular weight excluding hydrogens is 1200 g/mol. The average molecular weight is 1240 g/mol. The number of thioether (sulfide) groups is 1. The summed E-state index contributed by atoms with van der Waals surface area (Å²) in [6.07, 6.45) is -0.211. The van der Waals surface area contributed by atoms with E-state index in [4.69, 9.17) is 16.3 Å². The van der Waals surface area contributed by atoms with E-state index in [1.807, 2.05) is 6.07 Å². The summed E-state index contributed by atoms with van der Waals surface area (Å²) in [7, 11) is -23.0. The van der Waals surface area contributed by atoms with Crippen LogP contribution in [-0.4, -0.2) is 108 Å². The lowest BCUT2D eigenvalue weighted by molar-refractivity contribution is 0.317. The maximum absolute atomic E-state index is 12.5. The lowest BCUT2D eigenvalue weighted by atomic mass is 10.1. The molecule has 8 rings (SSSR count). The first-order valence-corrected chi connectivity index (χ1v) is 31.8. The molecule has 6 N–H and O–H groups in total. The molecule has 0 radical (unpaired) electrons. The topological polar surface area (TPSA) is 429 Å². The Morgan fingerprint density at radius 1 is 0.709 bits per heavy atom. The third-order valence-corrected chi connectivity index (χ3v) is 17.9. The fraction of sp³-hybridized carbons (Fsp3) is 0.205. The van der Waals surface area contributed by atoms with Crippen molar-refractivity contribution in [3.05, 3.63) is 87.9 Å². The summed E-state index contributed by atoms with van der Waals surface area (Å²) in [5.74, 6) is -1.83. The first-order valence-electron chi connectivity index (χ1n) is 22.1. The number of aryl methyl sites for hydroxylation is 2. The van der Waals surface area contributed by atoms with Crippen LogP contribution in [0.3, 0.4) is 0 Å². The number of rotatable bonds is 19. The number of ether oxygens (including phenoxy) is 1. The zero-order chi connectivity index (χ0) is 57.7. The Bertz CT molecular complexity index is 4620. The molecule has 79 heavy (non-hydrogen) atoms. The molecule has 414 valence electrons. The molecule has 0 spiro atoms. The van der Waals surface area contributed by atoms with Gasteiger partial charge in [-0.2, -0.15) is 52.5 Å². The fourth-order valence-corrected chi connectivity index (χ4v) is 12.9. The Morgan fingerprint density at radius 3 is 1.97 bits per heavy atom. The molecule has 0 aliphatic rings. The number of aromatic nitrogens is 3. The van der Waals surface area contributed by atoms with Gasteiger partial charge in [-0.1, -0.05) is 29.0 Å². The molecule has 3 aromatic heterocycles. The summed E-state index contributed by atoms with van der Waals surface area (Å²) >= 11 is 8.33. The number of aromatic hydroxyl groups is 1. The van der Waals surface area contributed by atoms with Crippen LogP contribution in [0.25, 0.3) is 37.7 Å². The third-order valence-electron chi connectivity index (χ3n) is 11.4. The zero-order valence-electron chi connectivity index (χ0n) is 40.4. The highest BCUT2D eigenvalue weighted by Crippen LogP contribution is 2.45. The number of pyridine rings is 1. The third kappa shape index (κ3) is 13.2. The van der Waals surface area contributed by atoms with Gasteiger partial charge in [0.05, 0.1) is 65.7 Å². The van der Waals surface area contributed by atoms with Crippen molar-refractivity contribution in [1.82, 2.24) is 14.4 Å². The smallest absolute Gasteiger partial charge is 0.296 e. The van der Waals surface area contributed by atoms with Gasteiger partial charge in [0.1, 0.15) is 33.5 Å². The molecule has 3 heterocycles. The van der Waals surface area contributed by atoms with Gasteiger partial charge in [0.15, 0.2) is 11.3 Å². The van der Waals surface area contributed by atoms with Crippen molar-refractivity contribution in [3.8, 4) is 17.7 Å². The number of nitriles is 1. The second-order valence-corrected chi connectivity index (χ2v) is 26.9. The number of nitrogens with zero attached hydrogens (tertiary/aromatic N) is 10. The van der Waals surface area contributed by atoms with Crippen molar-refractivity contribution < 1.29 is 74.7 Å². The van der Waals surface area contributed by atoms with E-state index in [0.717, 1.165) is 57.8 Å². The van der Waals surface area contributed by atoms with Crippen molar-refractivity contribution in [3.63, 3.8) is 0 Å². The van der Waals surface area contributed by atoms with Crippen LogP contribution in [0.1, 0.15) is 35.1 Å². The highest BCUT2D eigenvalue weighted by molar-refractivity contribution is 7.99. The average Bonchev–Trinajstić information content (AvgIpc) is 4.15. The van der Waals surface area contributed by atoms with E-state index in [1.54, 1.807) is 19.9 Å². The van der Waals surface area contributed by atoms with Crippen LogP contribution < -0.4 is 4.74 Å². The molecule has 0 amide bonds. The van der Waals surface area contributed by atoms with E-state index in [2.05, 4.69) is 40.7 Å². The highest BCUT2D eigenvalue weighted by Gasteiger charge is 2.26. The maximum atomic E-state index is 12.5. The predicted molar refractivity (Wildman–Crippen MR) is 289 cm³/mol. The maximum Gasteiger partial charge on any atom is 0.296 e. The van der Waals surface area contributed by atoms with E-state index >= 15 is 0 Å². The minimum absolute atomic E-state index is 0.0131. The number of imidazole rings is 1. The first kappa shape index (κ1) is 58.4. The zero-order valence-corrected chi connectivity index (χ0v) is 46.9. The second-order valence-electron chi connectivity index (χ2n) is 17.0. The van der Waals surface area contributed by atoms with Crippen molar-refractivity contribution in [2.75, 3.05) is 23.9 Å². The summed E-state index contributed by atoms with van der Waals surface area (Å²) in [5.41, 5.74) is 0.493. The largest absolute Gasteiger partial charge is 0.493 e. The fourth-order valence-electron chi connectivity index (χ4n) is 7.68. The molecule has 0 unspecified atom stereocenters. The Labute approximate surface area is 461 Å². The predicted octanol–water partition coefficient (Wildman–Crippen LogP) is 10.4. The first-order chi connectivity index (χ1) is 36.8. The van der Waals surface area contributed by atoms with Crippen LogP contribution in [0, 0.1) is 32.1 Å². The Morgan fingerprint density at radius 2 is 1.33 bits per heavy atom. The van der Waals surface area contributed by atoms with Crippen LogP contribution in [0.2, 0.25) is 5.02 Å². The lowest BCUT2D eigenvalue weighted by Crippen LogP contribution is -2.08. The molecular formula is C44H37ClN10O17S7. The van der Waals surface area contributed by atoms with E-state index in [1.165, 1.54) is 31.2 Å². The van der Waals surface area contributed by atoms with Crippen molar-refractivity contribution in [2.45, 2.75) is 53.2 Å². The Kier molecular flexibility index (Phi) is 16.3. The molecule has 0 saturated carbocycles. The van der Waals surface area contributed by atoms with Crippen LogP contribution in [-0.2, 0) is 50.6 Å². The summed E-state index contributed by atoms with van der Waals surface area (Å²) in [4.78, 5) is 7.21. The standard InChI is InChI=1S/C44H37ClN10O17S7/c1-21-12-32(51-53-38-23(3)28(20-46)42-47-34-17-26(78(66,67)68)16-29(45)40(34)55(42)43(38)56)35(72-8-4-10-75(57,58)59)18-30(21)49-52-33-13-22(2)31(19-36(33)73-9-5-11-76(60,61)62)50-54-44-48-39-37(79(69,70)71)14-24-6-7-25(77(63,64)65)15-27(24)41(39)74-44/h6-7,12-19,56H,4-5,8-11H2,1-3H3,(H,57,58,59)(H,60,61,62)(H,63,64,65)(H,66,67,68)(H,69,70,71). The number of halogens is 1. The number of azo groups is 3. The van der Waals surface area contributed by atoms with Crippen molar-refractivity contribution >= 4 is 157 Å². The molecule has 8 aromatic rings. The minimum atomic E-state index is -4.88. The Balaban J connectivity index is 1.18. The summed E-state index contributed by atoms with van der Waals surface area (Å²) in [6.45, 7) is 4.36. The molecule has 0 aliphatic carbocycles. The molecule has 5 aromatic carbocycles. The van der Waals surface area contributed by atoms with E-state index in [-0.39, 0.29) is 118 Å². The van der Waals surface area contributed by atoms with Crippen LogP contribution >= 0.6 is 34.7 Å². The van der Waals surface area contributed by atoms with Gasteiger partial charge in [0.2, 0.25) is 11.0 Å². The molecule has 0 aliphatic heterocycles. The number of hydrogen-bond donors (Lipinski definition) is 6. The van der Waals surface area contributed by atoms with Crippen LogP contribution in [0.5, 0.6) is 11.6 Å². The molecule has 0 saturated heterocycles. The number of thiazole rings is 1. The lowest BCUT2D eigenvalue weighted by Gasteiger charge is -2.12. The number of fused-ring (bicyclic) bond motifs is 6. The van der Waals surface area contributed by atoms with Crippen molar-refractivity contribution in [2.24, 2.45) is 30.7 Å². The van der Waals surface area contributed by atoms with E-state index in [0.29, 0.717) is 16.0 Å². The number of benzene rings is 5. The molecule has 0 bridgehead atoms. The van der Waals surface area contributed by atoms with Gasteiger partial charge < -0.3 is 9.84 Å². The van der Waals surface area contributed by atoms with Gasteiger partial charge in [-0.25, -0.2) is 9.97 Å². The monoisotopic (exact) mass is 1240 g/mol. The van der Waals surface area contributed by atoms with E-state index < -0.39 is 82.7 Å². The normalized spacial score (nSPS) is 13.1. The van der Waals surface area contributed by atoms with Gasteiger partial charge >= 0.3 is 0 Å². The molecule has 0 atom stereocenters. The van der Waals surface area contributed by atoms with Crippen LogP contribution in [0.15, 0.2) is 111 Å². The summed E-state index contributed by atoms with van der Waals surface area (Å²) < 4.78 is 174. The van der Waals surface area contributed by atoms with Gasteiger partial charge in [-0.05, 0) is 104 Å². The highest BCUT2D eigenvalue weighted by atomic mass is 35.5. The SMILES string of the molecule is Cc1cc(N=Nc2cc(OCCCS(=O)(=O)O)c(N=Nc3c(C)c(C#N)c4nc5cc(S(=O)(=O)O)cc(Cl)c5n4c3O)cc2C)c(SCCCS(=O)(=O)O)cc1N=Nc1nc2c(S(=O)(=O)O)cc3ccc(S(=O)(=O)O)cc3c2s1. The van der Waals surface area contributed by atoms with Gasteiger partial charge in [-0.15, -0.1) is 37.3 Å². The van der Waals surface area contributed by atoms with Crippen LogP contribution in [0.4, 0.5) is 33.6 Å². The van der Waals surface area contributed by atoms with Gasteiger partial charge in [0, 0.05) is 21.9 Å². The second kappa shape index (κ2) is 22.1. The minimum Gasteiger partial charge on any atom is -0.493 e. The van der Waals surface area contributed by atoms with E-state index in [9.17, 15) is 75.2 Å². The molecule has 35 heteroatoms. The summed E-state index contributed by atoms with van der Waals surface area (Å²) in [5, 5.41) is 47.8. The Hall–Kier alpha value is -6.72. The quantitative estimate of drug-likeness (QED) is 0.0190. The summed E-state index contributed by atoms with van der Waals surface area (Å²) in [6, 6.07) is 14.3. The molecule has 0 fully saturated rings. The van der Waals surface area contributed by atoms with Gasteiger partial charge in [0.25, 0.3) is 50.6 Å². The number of hydrogen-bond acceptors (Lipinski definition) is 23. The molecule has 27 nitrogen and oxygen atoms in total.